The number of carbonyl (C=O) groups is 7. The molecule has 10 N–H and O–H groups in total. The third-order valence-electron chi connectivity index (χ3n) is 6.37. The number of amides is 7. The Bertz CT molecular complexity index is 1180. The van der Waals surface area contributed by atoms with Crippen molar-refractivity contribution in [3.05, 3.63) is 35.9 Å². The second kappa shape index (κ2) is 18.9. The third kappa shape index (κ3) is 14.1. The summed E-state index contributed by atoms with van der Waals surface area (Å²) in [6, 6.07) is 2.60. The average Bonchev–Trinajstić information content (AvgIpc) is 2.97. The van der Waals surface area contributed by atoms with Gasteiger partial charge in [0.2, 0.25) is 35.4 Å². The third-order valence-corrected chi connectivity index (χ3v) is 6.37. The van der Waals surface area contributed by atoms with Crippen LogP contribution in [0.5, 0.6) is 0 Å². The van der Waals surface area contributed by atoms with Gasteiger partial charge in [0, 0.05) is 20.4 Å². The monoisotopic (exact) mass is 621 g/mol. The van der Waals surface area contributed by atoms with Crippen LogP contribution >= 0.6 is 0 Å². The lowest BCUT2D eigenvalue weighted by Gasteiger charge is -2.28. The lowest BCUT2D eigenvalue weighted by molar-refractivity contribution is -0.136. The molecule has 0 bridgehead atoms. The second-order valence-electron chi connectivity index (χ2n) is 10.8. The molecule has 44 heavy (non-hydrogen) atoms. The van der Waals surface area contributed by atoms with Crippen LogP contribution in [0.3, 0.4) is 0 Å². The molecule has 0 radical (unpaired) electrons. The van der Waals surface area contributed by atoms with E-state index in [4.69, 9.17) is 12.8 Å². The Labute approximate surface area is 258 Å². The number of aliphatic hydroxyl groups excluding tert-OH is 1. The summed E-state index contributed by atoms with van der Waals surface area (Å²) in [5, 5.41) is 22.6. The maximum absolute atomic E-state index is 13.3. The minimum absolute atomic E-state index is 0.0856. The Morgan fingerprint density at radius 1 is 0.818 bits per heavy atom. The molecule has 1 aromatic rings. The number of rotatable bonds is 19. The number of aliphatic hydroxyl groups is 1. The van der Waals surface area contributed by atoms with Crippen molar-refractivity contribution < 1.29 is 40.0 Å². The van der Waals surface area contributed by atoms with Crippen LogP contribution < -0.4 is 38.1 Å². The van der Waals surface area contributed by atoms with Crippen LogP contribution in [0.1, 0.15) is 71.5 Å². The number of unbranched alkanes of at least 4 members (excludes halogenated alkanes) is 1. The van der Waals surface area contributed by atoms with Crippen LogP contribution in [-0.4, -0.2) is 83.3 Å². The highest BCUT2D eigenvalue weighted by Crippen LogP contribution is 2.09. The van der Waals surface area contributed by atoms with E-state index in [9.17, 15) is 38.7 Å². The molecular formula is C29H45N7O8. The molecule has 244 valence electrons. The molecule has 0 aliphatic rings. The quantitative estimate of drug-likeness (QED) is 0.0827. The van der Waals surface area contributed by atoms with Crippen molar-refractivity contribution in [1.29, 1.82) is 0 Å². The predicted molar refractivity (Wildman–Crippen MR) is 160 cm³/mol. The summed E-state index contributed by atoms with van der Waals surface area (Å²) >= 11 is 0. The van der Waals surface area contributed by atoms with E-state index in [-0.39, 0.29) is 30.9 Å². The van der Waals surface area contributed by atoms with Gasteiger partial charge < -0.3 is 43.2 Å². The molecule has 1 rings (SSSR count). The Balaban J connectivity index is 2.99. The topological polar surface area (TPSA) is 252 Å². The highest BCUT2D eigenvalue weighted by molar-refractivity contribution is 6.00. The Morgan fingerprint density at radius 3 is 1.98 bits per heavy atom. The predicted octanol–water partition coefficient (Wildman–Crippen LogP) is -1.67. The van der Waals surface area contributed by atoms with Gasteiger partial charge in [-0.2, -0.15) is 0 Å². The van der Waals surface area contributed by atoms with Gasteiger partial charge >= 0.3 is 0 Å². The fraction of sp³-hybridized carbons (Fsp3) is 0.552. The van der Waals surface area contributed by atoms with Crippen molar-refractivity contribution >= 4 is 41.4 Å². The first-order valence-electron chi connectivity index (χ1n) is 15.0. The molecule has 0 saturated carbocycles. The van der Waals surface area contributed by atoms with Crippen LogP contribution in [-0.2, 0) is 28.8 Å². The molecule has 15 nitrogen and oxygen atoms in total. The molecule has 0 aliphatic carbocycles. The fourth-order valence-electron chi connectivity index (χ4n) is 4.12. The summed E-state index contributed by atoms with van der Waals surface area (Å²) in [6.07, 6.45) is -0.951. The van der Waals surface area contributed by atoms with Crippen LogP contribution in [0.4, 0.5) is 0 Å². The van der Waals surface area contributed by atoms with Crippen LogP contribution in [0.25, 0.3) is 0 Å². The second-order valence-corrected chi connectivity index (χ2v) is 10.8. The SMILES string of the molecule is [3H]CC(=O)NCCCC[C@H](NC(=O)[C@@H](NC(=O)[C@H](CC(C)C)NC(=O)[C@H](CC(N)=O)NC(=O)c1ccccc1)[C@@H](C)O)C(N)=O. The van der Waals surface area contributed by atoms with Crippen molar-refractivity contribution in [3.8, 4) is 0 Å². The molecule has 0 saturated heterocycles. The van der Waals surface area contributed by atoms with Crippen LogP contribution in [0.2, 0.25) is 0 Å². The lowest BCUT2D eigenvalue weighted by Crippen LogP contribution is -2.60. The number of nitrogens with two attached hydrogens (primary N) is 2. The first-order valence-corrected chi connectivity index (χ1v) is 14.2. The van der Waals surface area contributed by atoms with Gasteiger partial charge in [0.25, 0.3) is 5.91 Å². The smallest absolute Gasteiger partial charge is 0.251 e. The number of carbonyl (C=O) groups excluding carboxylic acids is 7. The van der Waals surface area contributed by atoms with E-state index in [2.05, 4.69) is 26.6 Å². The first kappa shape index (κ1) is 35.7. The zero-order valence-corrected chi connectivity index (χ0v) is 25.3. The largest absolute Gasteiger partial charge is 0.391 e. The van der Waals surface area contributed by atoms with Crippen LogP contribution in [0, 0.1) is 5.92 Å². The molecule has 0 unspecified atom stereocenters. The number of nitrogens with one attached hydrogen (secondary N) is 5. The van der Waals surface area contributed by atoms with Crippen molar-refractivity contribution in [1.82, 2.24) is 26.6 Å². The lowest BCUT2D eigenvalue weighted by atomic mass is 10.0. The zero-order chi connectivity index (χ0) is 34.1. The maximum atomic E-state index is 13.3. The van der Waals surface area contributed by atoms with Gasteiger partial charge in [0.15, 0.2) is 0 Å². The van der Waals surface area contributed by atoms with E-state index in [0.29, 0.717) is 12.8 Å². The van der Waals surface area contributed by atoms with E-state index in [1.54, 1.807) is 32.0 Å². The van der Waals surface area contributed by atoms with E-state index < -0.39 is 84.9 Å². The van der Waals surface area contributed by atoms with Crippen molar-refractivity contribution in [2.45, 2.75) is 90.0 Å². The van der Waals surface area contributed by atoms with E-state index >= 15 is 0 Å². The summed E-state index contributed by atoms with van der Waals surface area (Å²) in [5.74, 6) is -5.57. The molecule has 0 fully saturated rings. The maximum Gasteiger partial charge on any atom is 0.251 e. The van der Waals surface area contributed by atoms with E-state index in [0.717, 1.165) is 0 Å². The van der Waals surface area contributed by atoms with Gasteiger partial charge in [-0.25, -0.2) is 0 Å². The van der Waals surface area contributed by atoms with Crippen molar-refractivity contribution in [3.63, 3.8) is 0 Å². The molecular weight excluding hydrogens is 574 g/mol. The normalized spacial score (nSPS) is 14.5. The van der Waals surface area contributed by atoms with Gasteiger partial charge in [-0.15, -0.1) is 0 Å². The molecule has 5 atom stereocenters. The van der Waals surface area contributed by atoms with Gasteiger partial charge in [-0.3, -0.25) is 33.6 Å². The summed E-state index contributed by atoms with van der Waals surface area (Å²) < 4.78 is 6.98. The molecule has 0 spiro atoms. The van der Waals surface area contributed by atoms with Gasteiger partial charge in [-0.1, -0.05) is 32.0 Å². The summed E-state index contributed by atoms with van der Waals surface area (Å²) in [7, 11) is 0. The number of primary amides is 2. The summed E-state index contributed by atoms with van der Waals surface area (Å²) in [5.41, 5.74) is 11.0. The minimum atomic E-state index is -1.54. The van der Waals surface area contributed by atoms with Gasteiger partial charge in [0.1, 0.15) is 24.2 Å². The highest BCUT2D eigenvalue weighted by atomic mass is 16.3. The summed E-state index contributed by atoms with van der Waals surface area (Å²) in [4.78, 5) is 87.1. The molecule has 15 heteroatoms. The first-order chi connectivity index (χ1) is 21.2. The number of benzene rings is 1. The fourth-order valence-corrected chi connectivity index (χ4v) is 4.12. The molecule has 0 heterocycles. The number of hydrogen-bond acceptors (Lipinski definition) is 8. The average molecular weight is 622 g/mol. The van der Waals surface area contributed by atoms with Gasteiger partial charge in [0.05, 0.1) is 12.5 Å². The molecule has 0 aromatic heterocycles. The van der Waals surface area contributed by atoms with E-state index in [1.807, 2.05) is 0 Å². The van der Waals surface area contributed by atoms with Crippen LogP contribution in [0.15, 0.2) is 30.3 Å². The Hall–Kier alpha value is -4.53. The Morgan fingerprint density at radius 2 is 1.43 bits per heavy atom. The minimum Gasteiger partial charge on any atom is -0.391 e. The standard InChI is InChI=1S/C29H45N7O8/c1-16(2)14-21(35-27(42)22(15-23(30)39)34-26(41)19-10-6-5-7-11-19)28(43)36-24(17(3)37)29(44)33-20(25(31)40)12-8-9-13-32-18(4)38/h5-7,10-11,16-17,20-22,24,37H,8-9,12-15H2,1-4H3,(H2,30,39)(H2,31,40)(H,32,38)(H,33,44)(H,34,41)(H,35,42)(H,36,43)/t17-,20+,21+,22+,24+/m1/s1/i4T. The van der Waals surface area contributed by atoms with Gasteiger partial charge in [-0.05, 0) is 50.7 Å². The van der Waals surface area contributed by atoms with Crippen molar-refractivity contribution in [2.75, 3.05) is 6.54 Å². The molecule has 0 aliphatic heterocycles. The Kier molecular flexibility index (Phi) is 15.3. The number of hydrogen-bond donors (Lipinski definition) is 8. The highest BCUT2D eigenvalue weighted by Gasteiger charge is 2.33. The molecule has 7 amide bonds. The van der Waals surface area contributed by atoms with Crippen molar-refractivity contribution in [2.24, 2.45) is 17.4 Å². The summed E-state index contributed by atoms with van der Waals surface area (Å²) in [6.45, 7) is 4.66. The molecule has 1 aromatic carbocycles. The van der Waals surface area contributed by atoms with E-state index in [1.165, 1.54) is 19.1 Å². The zero-order valence-electron chi connectivity index (χ0n) is 26.3.